The lowest BCUT2D eigenvalue weighted by Gasteiger charge is -2.15. The molecule has 4 rings (SSSR count). The molecule has 0 atom stereocenters. The Balaban J connectivity index is 1.61. The highest BCUT2D eigenvalue weighted by Gasteiger charge is 2.29. The molecule has 0 aliphatic carbocycles. The molecule has 152 valence electrons. The maximum absolute atomic E-state index is 12.7. The zero-order valence-corrected chi connectivity index (χ0v) is 17.1. The van der Waals surface area contributed by atoms with Gasteiger partial charge in [-0.25, -0.2) is 13.4 Å². The molecule has 0 radical (unpaired) electrons. The Morgan fingerprint density at radius 1 is 1.34 bits per heavy atom. The molecule has 3 heterocycles. The molecule has 1 saturated heterocycles. The van der Waals surface area contributed by atoms with Crippen LogP contribution in [-0.4, -0.2) is 46.3 Å². The van der Waals surface area contributed by atoms with Gasteiger partial charge in [-0.15, -0.1) is 11.3 Å². The Morgan fingerprint density at radius 2 is 2.10 bits per heavy atom. The van der Waals surface area contributed by atoms with Crippen LogP contribution in [0, 0.1) is 17.0 Å². The Labute approximate surface area is 170 Å². The highest BCUT2D eigenvalue weighted by Crippen LogP contribution is 2.30. The summed E-state index contributed by atoms with van der Waals surface area (Å²) in [5.41, 5.74) is 3.94. The molecule has 29 heavy (non-hydrogen) atoms. The molecule has 0 amide bonds. The Kier molecular flexibility index (Phi) is 5.06. The van der Waals surface area contributed by atoms with Crippen molar-refractivity contribution in [2.45, 2.75) is 24.7 Å². The first-order valence-electron chi connectivity index (χ1n) is 8.88. The van der Waals surface area contributed by atoms with Crippen LogP contribution in [0.2, 0.25) is 0 Å². The van der Waals surface area contributed by atoms with Crippen LogP contribution in [0.1, 0.15) is 24.2 Å². The van der Waals surface area contributed by atoms with Gasteiger partial charge >= 0.3 is 0 Å². The molecule has 1 aliphatic rings. The second-order valence-electron chi connectivity index (χ2n) is 6.56. The van der Waals surface area contributed by atoms with Crippen LogP contribution in [0.15, 0.2) is 39.8 Å². The average molecular weight is 435 g/mol. The van der Waals surface area contributed by atoms with E-state index >= 15 is 0 Å². The quantitative estimate of drug-likeness (QED) is 0.362. The summed E-state index contributed by atoms with van der Waals surface area (Å²) in [6.07, 6.45) is 4.98. The van der Waals surface area contributed by atoms with Gasteiger partial charge in [-0.2, -0.15) is 9.41 Å². The number of nitrogens with one attached hydrogen (secondary N) is 1. The van der Waals surface area contributed by atoms with Gasteiger partial charge in [0.1, 0.15) is 5.69 Å². The third-order valence-corrected chi connectivity index (χ3v) is 7.37. The molecule has 0 saturated carbocycles. The number of aryl methyl sites for hydroxylation is 1. The third kappa shape index (κ3) is 3.61. The molecule has 12 heteroatoms. The van der Waals surface area contributed by atoms with Gasteiger partial charge in [-0.3, -0.25) is 19.9 Å². The van der Waals surface area contributed by atoms with Gasteiger partial charge < -0.3 is 0 Å². The molecule has 3 aromatic rings. The zero-order valence-electron chi connectivity index (χ0n) is 15.5. The Hall–Kier alpha value is -2.83. The van der Waals surface area contributed by atoms with Gasteiger partial charge in [0.25, 0.3) is 5.69 Å². The predicted molar refractivity (Wildman–Crippen MR) is 110 cm³/mol. The van der Waals surface area contributed by atoms with E-state index < -0.39 is 14.9 Å². The van der Waals surface area contributed by atoms with Crippen LogP contribution in [0.4, 0.5) is 11.4 Å². The van der Waals surface area contributed by atoms with Crippen LogP contribution >= 0.6 is 11.3 Å². The van der Waals surface area contributed by atoms with Crippen LogP contribution in [0.25, 0.3) is 4.96 Å². The van der Waals surface area contributed by atoms with Gasteiger partial charge in [0.15, 0.2) is 4.96 Å². The summed E-state index contributed by atoms with van der Waals surface area (Å²) >= 11 is 1.49. The molecular formula is C17H18N6O4S2. The molecule has 0 spiro atoms. The average Bonchev–Trinajstić information content (AvgIpc) is 3.41. The summed E-state index contributed by atoms with van der Waals surface area (Å²) in [7, 11) is -3.74. The van der Waals surface area contributed by atoms with Crippen molar-refractivity contribution in [3.8, 4) is 0 Å². The Morgan fingerprint density at radius 3 is 2.83 bits per heavy atom. The zero-order chi connectivity index (χ0) is 20.6. The van der Waals surface area contributed by atoms with E-state index in [1.807, 2.05) is 22.9 Å². The van der Waals surface area contributed by atoms with E-state index in [1.54, 1.807) is 0 Å². The highest BCUT2D eigenvalue weighted by molar-refractivity contribution is 7.89. The van der Waals surface area contributed by atoms with E-state index in [0.717, 1.165) is 35.3 Å². The molecule has 1 aromatic carbocycles. The van der Waals surface area contributed by atoms with Gasteiger partial charge in [-0.1, -0.05) is 0 Å². The maximum Gasteiger partial charge on any atom is 0.295 e. The fraction of sp³-hybridized carbons (Fsp3) is 0.294. The number of anilines is 1. The lowest BCUT2D eigenvalue weighted by molar-refractivity contribution is -0.384. The molecule has 2 aromatic heterocycles. The van der Waals surface area contributed by atoms with Crippen molar-refractivity contribution in [1.29, 1.82) is 0 Å². The fourth-order valence-electron chi connectivity index (χ4n) is 3.22. The summed E-state index contributed by atoms with van der Waals surface area (Å²) in [4.78, 5) is 16.0. The molecule has 0 bridgehead atoms. The molecule has 1 N–H and O–H groups in total. The summed E-state index contributed by atoms with van der Waals surface area (Å²) < 4.78 is 28.6. The van der Waals surface area contributed by atoms with Crippen molar-refractivity contribution in [1.82, 2.24) is 13.7 Å². The first kappa shape index (κ1) is 19.5. The SMILES string of the molecule is Cc1nc2sccn2c1/C=N/Nc1ccc(S(=O)(=O)N2CCCC2)cc1[N+](=O)[O-]. The van der Waals surface area contributed by atoms with Crippen molar-refractivity contribution in [3.05, 3.63) is 51.3 Å². The first-order valence-corrected chi connectivity index (χ1v) is 11.2. The van der Waals surface area contributed by atoms with E-state index in [1.165, 1.54) is 34.0 Å². The number of rotatable bonds is 6. The molecule has 10 nitrogen and oxygen atoms in total. The maximum atomic E-state index is 12.7. The summed E-state index contributed by atoms with van der Waals surface area (Å²) in [6, 6.07) is 3.80. The fourth-order valence-corrected chi connectivity index (χ4v) is 5.53. The minimum atomic E-state index is -3.74. The largest absolute Gasteiger partial charge is 0.295 e. The van der Waals surface area contributed by atoms with Crippen LogP contribution in [0.3, 0.4) is 0 Å². The number of hydrogen-bond acceptors (Lipinski definition) is 8. The number of nitro benzene ring substituents is 1. The third-order valence-electron chi connectivity index (χ3n) is 4.72. The molecular weight excluding hydrogens is 416 g/mol. The molecule has 1 aliphatic heterocycles. The van der Waals surface area contributed by atoms with E-state index in [2.05, 4.69) is 15.5 Å². The van der Waals surface area contributed by atoms with Crippen molar-refractivity contribution >= 4 is 43.9 Å². The second-order valence-corrected chi connectivity index (χ2v) is 9.37. The minimum Gasteiger partial charge on any atom is -0.289 e. The molecule has 0 unspecified atom stereocenters. The van der Waals surface area contributed by atoms with Gasteiger partial charge in [0.2, 0.25) is 10.0 Å². The number of fused-ring (bicyclic) bond motifs is 1. The number of imidazole rings is 1. The lowest BCUT2D eigenvalue weighted by atomic mass is 10.3. The van der Waals surface area contributed by atoms with Crippen molar-refractivity contribution < 1.29 is 13.3 Å². The lowest BCUT2D eigenvalue weighted by Crippen LogP contribution is -2.27. The number of nitro groups is 1. The molecule has 1 fully saturated rings. The summed E-state index contributed by atoms with van der Waals surface area (Å²) in [6.45, 7) is 2.71. The number of hydrogen-bond donors (Lipinski definition) is 1. The van der Waals surface area contributed by atoms with Gasteiger partial charge in [-0.05, 0) is 31.9 Å². The van der Waals surface area contributed by atoms with Crippen molar-refractivity contribution in [2.75, 3.05) is 18.5 Å². The second kappa shape index (κ2) is 7.54. The number of aromatic nitrogens is 2. The number of sulfonamides is 1. The number of hydrazone groups is 1. The monoisotopic (exact) mass is 434 g/mol. The predicted octanol–water partition coefficient (Wildman–Crippen LogP) is 2.84. The van der Waals surface area contributed by atoms with Gasteiger partial charge in [0.05, 0.1) is 27.4 Å². The Bertz CT molecular complexity index is 1210. The smallest absolute Gasteiger partial charge is 0.289 e. The van der Waals surface area contributed by atoms with E-state index in [-0.39, 0.29) is 16.3 Å². The number of benzene rings is 1. The number of nitrogens with zero attached hydrogens (tertiary/aromatic N) is 5. The van der Waals surface area contributed by atoms with E-state index in [9.17, 15) is 18.5 Å². The first-order chi connectivity index (χ1) is 13.9. The topological polar surface area (TPSA) is 122 Å². The highest BCUT2D eigenvalue weighted by atomic mass is 32.2. The van der Waals surface area contributed by atoms with E-state index in [4.69, 9.17) is 0 Å². The minimum absolute atomic E-state index is 0.0905. The van der Waals surface area contributed by atoms with Crippen molar-refractivity contribution in [3.63, 3.8) is 0 Å². The van der Waals surface area contributed by atoms with Crippen LogP contribution in [0.5, 0.6) is 0 Å². The normalized spacial score (nSPS) is 15.5. The van der Waals surface area contributed by atoms with E-state index in [0.29, 0.717) is 13.1 Å². The van der Waals surface area contributed by atoms with Crippen LogP contribution < -0.4 is 5.43 Å². The van der Waals surface area contributed by atoms with Crippen molar-refractivity contribution in [2.24, 2.45) is 5.10 Å². The summed E-state index contributed by atoms with van der Waals surface area (Å²) in [5, 5.41) is 17.5. The van der Waals surface area contributed by atoms with Crippen LogP contribution in [-0.2, 0) is 10.0 Å². The summed E-state index contributed by atoms with van der Waals surface area (Å²) in [5.74, 6) is 0. The standard InChI is InChI=1S/C17H18N6O4S2/c1-12-16(22-8-9-28-17(22)19-12)11-18-20-14-5-4-13(10-15(14)23(24)25)29(26,27)21-6-2-3-7-21/h4-5,8-11,20H,2-3,6-7H2,1H3/b18-11+. The number of thiazole rings is 1. The van der Waals surface area contributed by atoms with Gasteiger partial charge in [0, 0.05) is 30.7 Å².